The van der Waals surface area contributed by atoms with Crippen molar-refractivity contribution < 1.29 is 0 Å². The van der Waals surface area contributed by atoms with Gasteiger partial charge in [0, 0.05) is 51.3 Å². The van der Waals surface area contributed by atoms with Crippen LogP contribution in [0.5, 0.6) is 0 Å². The monoisotopic (exact) mass is 493 g/mol. The lowest BCUT2D eigenvalue weighted by atomic mass is 9.98. The first-order valence-corrected chi connectivity index (χ1v) is 13.7. The minimum Gasteiger partial charge on any atom is -0.247 e. The van der Waals surface area contributed by atoms with Gasteiger partial charge in [0.2, 0.25) is 0 Å². The lowest BCUT2D eigenvalue weighted by Gasteiger charge is -2.09. The van der Waals surface area contributed by atoms with E-state index < -0.39 is 0 Å². The molecular weight excluding hydrogens is 475 g/mol. The molecule has 0 saturated heterocycles. The molecule has 36 heavy (non-hydrogen) atoms. The predicted molar refractivity (Wildman–Crippen MR) is 158 cm³/mol. The zero-order valence-electron chi connectivity index (χ0n) is 19.2. The minimum atomic E-state index is 1.05. The van der Waals surface area contributed by atoms with Crippen LogP contribution in [0, 0.1) is 0 Å². The summed E-state index contributed by atoms with van der Waals surface area (Å²) < 4.78 is 5.31. The number of thiophene rings is 2. The van der Waals surface area contributed by atoms with Gasteiger partial charge >= 0.3 is 0 Å². The highest BCUT2D eigenvalue weighted by Gasteiger charge is 2.16. The number of pyridine rings is 1. The molecule has 3 heteroatoms. The van der Waals surface area contributed by atoms with E-state index in [1.54, 1.807) is 0 Å². The average molecular weight is 494 g/mol. The maximum atomic E-state index is 5.19. The third-order valence-corrected chi connectivity index (χ3v) is 9.51. The van der Waals surface area contributed by atoms with E-state index in [1.165, 1.54) is 56.9 Å². The Morgan fingerprint density at radius 1 is 0.444 bits per heavy atom. The Labute approximate surface area is 215 Å². The van der Waals surface area contributed by atoms with E-state index in [-0.39, 0.29) is 0 Å². The smallest absolute Gasteiger partial charge is 0.0802 e. The van der Waals surface area contributed by atoms with Crippen molar-refractivity contribution in [3.63, 3.8) is 0 Å². The first-order chi connectivity index (χ1) is 17.8. The van der Waals surface area contributed by atoms with Crippen molar-refractivity contribution in [1.82, 2.24) is 4.98 Å². The summed E-state index contributed by atoms with van der Waals surface area (Å²) in [5.41, 5.74) is 5.79. The van der Waals surface area contributed by atoms with Gasteiger partial charge in [0.15, 0.2) is 0 Å². The Bertz CT molecular complexity index is 2100. The fraction of sp³-hybridized carbons (Fsp3) is 0. The molecule has 0 aliphatic heterocycles. The quantitative estimate of drug-likeness (QED) is 0.233. The van der Waals surface area contributed by atoms with E-state index in [1.807, 2.05) is 22.7 Å². The van der Waals surface area contributed by atoms with Gasteiger partial charge in [0.25, 0.3) is 0 Å². The molecular formula is C33H19NS2. The Morgan fingerprint density at radius 3 is 1.89 bits per heavy atom. The maximum absolute atomic E-state index is 5.19. The van der Waals surface area contributed by atoms with Crippen LogP contribution in [0.2, 0.25) is 0 Å². The van der Waals surface area contributed by atoms with Crippen LogP contribution in [0.1, 0.15) is 0 Å². The van der Waals surface area contributed by atoms with Gasteiger partial charge in [-0.2, -0.15) is 0 Å². The molecule has 0 amide bonds. The molecule has 0 aliphatic carbocycles. The summed E-state index contributed by atoms with van der Waals surface area (Å²) in [5.74, 6) is 0. The number of hydrogen-bond acceptors (Lipinski definition) is 3. The molecule has 0 N–H and O–H groups in total. The third-order valence-electron chi connectivity index (χ3n) is 7.09. The van der Waals surface area contributed by atoms with E-state index in [4.69, 9.17) is 4.98 Å². The van der Waals surface area contributed by atoms with E-state index in [9.17, 15) is 0 Å². The topological polar surface area (TPSA) is 12.9 Å². The summed E-state index contributed by atoms with van der Waals surface area (Å²) in [6.07, 6.45) is 0. The first-order valence-electron chi connectivity index (χ1n) is 12.1. The molecule has 0 saturated carbocycles. The molecule has 0 atom stereocenters. The van der Waals surface area contributed by atoms with Crippen LogP contribution in [-0.2, 0) is 0 Å². The van der Waals surface area contributed by atoms with Gasteiger partial charge in [-0.1, -0.05) is 97.1 Å². The predicted octanol–water partition coefficient (Wildman–Crippen LogP) is 10.3. The highest BCUT2D eigenvalue weighted by atomic mass is 32.1. The molecule has 0 spiro atoms. The molecule has 3 aromatic heterocycles. The average Bonchev–Trinajstić information content (AvgIpc) is 3.52. The molecule has 0 aliphatic rings. The van der Waals surface area contributed by atoms with Crippen LogP contribution >= 0.6 is 22.7 Å². The van der Waals surface area contributed by atoms with E-state index in [2.05, 4.69) is 115 Å². The summed E-state index contributed by atoms with van der Waals surface area (Å²) in [7, 11) is 0. The summed E-state index contributed by atoms with van der Waals surface area (Å²) in [5, 5.41) is 6.44. The van der Waals surface area contributed by atoms with Crippen molar-refractivity contribution >= 4 is 73.9 Å². The van der Waals surface area contributed by atoms with Crippen LogP contribution < -0.4 is 0 Å². The second-order valence-corrected chi connectivity index (χ2v) is 11.2. The molecule has 3 heterocycles. The minimum absolute atomic E-state index is 1.05. The largest absolute Gasteiger partial charge is 0.247 e. The fourth-order valence-electron chi connectivity index (χ4n) is 5.40. The van der Waals surface area contributed by atoms with Crippen LogP contribution in [-0.4, -0.2) is 4.98 Å². The Morgan fingerprint density at radius 2 is 1.06 bits per heavy atom. The number of nitrogens with zero attached hydrogens (tertiary/aromatic N) is 1. The molecule has 8 rings (SSSR count). The van der Waals surface area contributed by atoms with Gasteiger partial charge in [-0.3, -0.25) is 0 Å². The Balaban J connectivity index is 1.34. The van der Waals surface area contributed by atoms with Gasteiger partial charge in [0.1, 0.15) is 0 Å². The van der Waals surface area contributed by atoms with Gasteiger partial charge in [0.05, 0.1) is 11.2 Å². The van der Waals surface area contributed by atoms with E-state index >= 15 is 0 Å². The molecule has 5 aromatic carbocycles. The van der Waals surface area contributed by atoms with Gasteiger partial charge in [-0.25, -0.2) is 4.98 Å². The summed E-state index contributed by atoms with van der Waals surface area (Å²) >= 11 is 3.74. The molecule has 0 fully saturated rings. The Hall–Kier alpha value is -4.05. The molecule has 8 aromatic rings. The second kappa shape index (κ2) is 7.72. The zero-order chi connectivity index (χ0) is 23.6. The maximum Gasteiger partial charge on any atom is 0.0802 e. The van der Waals surface area contributed by atoms with Crippen LogP contribution in [0.25, 0.3) is 73.6 Å². The molecule has 0 radical (unpaired) electrons. The molecule has 1 nitrogen and oxygen atoms in total. The zero-order valence-corrected chi connectivity index (χ0v) is 20.9. The third kappa shape index (κ3) is 2.91. The molecule has 0 unspecified atom stereocenters. The number of rotatable bonds is 2. The SMILES string of the molecule is c1ccc2c(c1)nc(-c1ccc(-c3cccc4c3sc3ccccc34)cc1)c1c3ccccc3sc21. The van der Waals surface area contributed by atoms with E-state index in [0.29, 0.717) is 0 Å². The molecule has 168 valence electrons. The van der Waals surface area contributed by atoms with Crippen molar-refractivity contribution in [1.29, 1.82) is 0 Å². The normalized spacial score (nSPS) is 11.9. The number of para-hydroxylation sites is 1. The van der Waals surface area contributed by atoms with Gasteiger partial charge in [-0.05, 0) is 29.3 Å². The summed E-state index contributed by atoms with van der Waals surface area (Å²) in [6.45, 7) is 0. The fourth-order valence-corrected chi connectivity index (χ4v) is 7.88. The lowest BCUT2D eigenvalue weighted by Crippen LogP contribution is -1.88. The second-order valence-electron chi connectivity index (χ2n) is 9.14. The van der Waals surface area contributed by atoms with Crippen LogP contribution in [0.3, 0.4) is 0 Å². The van der Waals surface area contributed by atoms with Crippen molar-refractivity contribution in [3.05, 3.63) is 115 Å². The summed E-state index contributed by atoms with van der Waals surface area (Å²) in [6, 6.07) is 41.5. The van der Waals surface area contributed by atoms with Crippen molar-refractivity contribution in [3.8, 4) is 22.4 Å². The lowest BCUT2D eigenvalue weighted by molar-refractivity contribution is 1.43. The summed E-state index contributed by atoms with van der Waals surface area (Å²) in [4.78, 5) is 5.19. The number of benzene rings is 5. The number of fused-ring (bicyclic) bond motifs is 8. The van der Waals surface area contributed by atoms with Gasteiger partial charge in [-0.15, -0.1) is 22.7 Å². The van der Waals surface area contributed by atoms with Crippen molar-refractivity contribution in [2.75, 3.05) is 0 Å². The van der Waals surface area contributed by atoms with Crippen LogP contribution in [0.4, 0.5) is 0 Å². The van der Waals surface area contributed by atoms with Crippen LogP contribution in [0.15, 0.2) is 115 Å². The van der Waals surface area contributed by atoms with E-state index in [0.717, 1.165) is 16.8 Å². The number of hydrogen-bond donors (Lipinski definition) is 0. The van der Waals surface area contributed by atoms with Crippen molar-refractivity contribution in [2.24, 2.45) is 0 Å². The molecule has 0 bridgehead atoms. The first kappa shape index (κ1) is 20.2. The highest BCUT2D eigenvalue weighted by Crippen LogP contribution is 2.44. The van der Waals surface area contributed by atoms with Gasteiger partial charge < -0.3 is 0 Å². The van der Waals surface area contributed by atoms with Crippen molar-refractivity contribution in [2.45, 2.75) is 0 Å². The Kier molecular flexibility index (Phi) is 4.33. The highest BCUT2D eigenvalue weighted by molar-refractivity contribution is 7.27. The number of aromatic nitrogens is 1. The standard InChI is InChI=1S/C33H19NS2/c1-4-13-27-25(9-1)33-30(26-10-3-6-15-29(26)36-33)31(34-27)21-18-16-20(17-19-21)22-11-7-12-24-23-8-2-5-14-28(23)35-32(22)24/h1-19H.